The quantitative estimate of drug-likeness (QED) is 0.812. The maximum Gasteiger partial charge on any atom is 0.180 e. The van der Waals surface area contributed by atoms with Crippen LogP contribution in [-0.2, 0) is 0 Å². The third-order valence-electron chi connectivity index (χ3n) is 3.21. The topological polar surface area (TPSA) is 41.6 Å². The third-order valence-corrected chi connectivity index (χ3v) is 3.21. The second-order valence-corrected chi connectivity index (χ2v) is 4.50. The highest BCUT2D eigenvalue weighted by molar-refractivity contribution is 6.00. The lowest BCUT2D eigenvalue weighted by molar-refractivity contribution is 0.0932. The van der Waals surface area contributed by atoms with Gasteiger partial charge in [-0.15, -0.1) is 0 Å². The summed E-state index contributed by atoms with van der Waals surface area (Å²) < 4.78 is 5.23. The lowest BCUT2D eigenvalue weighted by Crippen LogP contribution is -2.33. The van der Waals surface area contributed by atoms with Crippen molar-refractivity contribution in [3.8, 4) is 5.75 Å². The predicted octanol–water partition coefficient (Wildman–Crippen LogP) is 1.17. The number of rotatable bonds is 4. The molecule has 0 spiro atoms. The number of nitrogens with zero attached hydrogens (tertiary/aromatic N) is 1. The summed E-state index contributed by atoms with van der Waals surface area (Å²) in [7, 11) is 1.60. The van der Waals surface area contributed by atoms with Crippen molar-refractivity contribution >= 4 is 5.78 Å². The summed E-state index contributed by atoms with van der Waals surface area (Å²) in [6.07, 6.45) is 1.10. The lowest BCUT2D eigenvalue weighted by Gasteiger charge is -2.18. The first kappa shape index (κ1) is 13.1. The van der Waals surface area contributed by atoms with Gasteiger partial charge in [-0.05, 0) is 31.6 Å². The highest BCUT2D eigenvalue weighted by Gasteiger charge is 2.16. The molecule has 0 unspecified atom stereocenters. The molecule has 4 heteroatoms. The molecule has 0 bridgehead atoms. The van der Waals surface area contributed by atoms with Crippen LogP contribution in [0.25, 0.3) is 0 Å². The largest absolute Gasteiger partial charge is 0.496 e. The van der Waals surface area contributed by atoms with Gasteiger partial charge in [0.1, 0.15) is 5.75 Å². The first-order valence-electron chi connectivity index (χ1n) is 6.40. The Hall–Kier alpha value is -1.39. The van der Waals surface area contributed by atoms with Gasteiger partial charge in [-0.2, -0.15) is 0 Å². The summed E-state index contributed by atoms with van der Waals surface area (Å²) in [5.74, 6) is 0.796. The van der Waals surface area contributed by atoms with Crippen LogP contribution < -0.4 is 10.1 Å². The third kappa shape index (κ3) is 3.31. The van der Waals surface area contributed by atoms with E-state index in [1.165, 1.54) is 0 Å². The Kier molecular flexibility index (Phi) is 4.73. The molecular formula is C14H20N2O2. The predicted molar refractivity (Wildman–Crippen MR) is 71.3 cm³/mol. The van der Waals surface area contributed by atoms with E-state index in [0.29, 0.717) is 17.9 Å². The number of ether oxygens (including phenoxy) is 1. The van der Waals surface area contributed by atoms with Crippen molar-refractivity contribution in [2.24, 2.45) is 0 Å². The van der Waals surface area contributed by atoms with E-state index in [-0.39, 0.29) is 5.78 Å². The summed E-state index contributed by atoms with van der Waals surface area (Å²) >= 11 is 0. The molecule has 98 valence electrons. The first-order valence-corrected chi connectivity index (χ1v) is 6.40. The summed E-state index contributed by atoms with van der Waals surface area (Å²) in [4.78, 5) is 14.5. The van der Waals surface area contributed by atoms with E-state index in [1.807, 2.05) is 24.3 Å². The normalized spacial score (nSPS) is 17.2. The van der Waals surface area contributed by atoms with Gasteiger partial charge in [0.15, 0.2) is 5.78 Å². The highest BCUT2D eigenvalue weighted by Crippen LogP contribution is 2.18. The van der Waals surface area contributed by atoms with Crippen LogP contribution in [0.5, 0.6) is 5.75 Å². The number of carbonyl (C=O) groups is 1. The van der Waals surface area contributed by atoms with Crippen LogP contribution in [0.15, 0.2) is 24.3 Å². The monoisotopic (exact) mass is 248 g/mol. The molecule has 1 heterocycles. The number of benzene rings is 1. The number of para-hydroxylation sites is 1. The Morgan fingerprint density at radius 1 is 1.33 bits per heavy atom. The van der Waals surface area contributed by atoms with Crippen molar-refractivity contribution in [3.05, 3.63) is 29.8 Å². The smallest absolute Gasteiger partial charge is 0.180 e. The molecule has 18 heavy (non-hydrogen) atoms. The van der Waals surface area contributed by atoms with Crippen LogP contribution in [-0.4, -0.2) is 50.5 Å². The molecule has 1 aromatic rings. The highest BCUT2D eigenvalue weighted by atomic mass is 16.5. The summed E-state index contributed by atoms with van der Waals surface area (Å²) in [6.45, 7) is 4.38. The van der Waals surface area contributed by atoms with E-state index >= 15 is 0 Å². The van der Waals surface area contributed by atoms with Crippen LogP contribution in [0.3, 0.4) is 0 Å². The molecule has 0 radical (unpaired) electrons. The average molecular weight is 248 g/mol. The van der Waals surface area contributed by atoms with Gasteiger partial charge in [-0.3, -0.25) is 9.69 Å². The standard InChI is InChI=1S/C14H20N2O2/c1-18-14-6-3-2-5-12(14)13(17)11-16-9-4-7-15-8-10-16/h2-3,5-6,15H,4,7-11H2,1H3. The van der Waals surface area contributed by atoms with Crippen molar-refractivity contribution < 1.29 is 9.53 Å². The van der Waals surface area contributed by atoms with Gasteiger partial charge in [0.2, 0.25) is 0 Å². The number of Topliss-reactive ketones (excluding diaryl/α,β-unsaturated/α-hetero) is 1. The SMILES string of the molecule is COc1ccccc1C(=O)CN1CCCNCC1. The van der Waals surface area contributed by atoms with Crippen molar-refractivity contribution in [3.63, 3.8) is 0 Å². The number of hydrogen-bond donors (Lipinski definition) is 1. The van der Waals surface area contributed by atoms with Crippen LogP contribution in [0.1, 0.15) is 16.8 Å². The molecule has 1 saturated heterocycles. The van der Waals surface area contributed by atoms with Gasteiger partial charge >= 0.3 is 0 Å². The van der Waals surface area contributed by atoms with Gasteiger partial charge in [-0.1, -0.05) is 12.1 Å². The van der Waals surface area contributed by atoms with Gasteiger partial charge in [-0.25, -0.2) is 0 Å². The Balaban J connectivity index is 2.02. The van der Waals surface area contributed by atoms with Crippen LogP contribution in [0.4, 0.5) is 0 Å². The zero-order valence-electron chi connectivity index (χ0n) is 10.8. The molecule has 1 aliphatic heterocycles. The van der Waals surface area contributed by atoms with Crippen molar-refractivity contribution in [1.82, 2.24) is 10.2 Å². The zero-order valence-corrected chi connectivity index (χ0v) is 10.8. The van der Waals surface area contributed by atoms with Crippen molar-refractivity contribution in [1.29, 1.82) is 0 Å². The summed E-state index contributed by atoms with van der Waals surface area (Å²) in [5.41, 5.74) is 0.678. The Morgan fingerprint density at radius 2 is 2.17 bits per heavy atom. The molecular weight excluding hydrogens is 228 g/mol. The molecule has 1 N–H and O–H groups in total. The van der Waals surface area contributed by atoms with E-state index in [9.17, 15) is 4.79 Å². The number of ketones is 1. The van der Waals surface area contributed by atoms with E-state index in [2.05, 4.69) is 10.2 Å². The maximum absolute atomic E-state index is 12.3. The summed E-state index contributed by atoms with van der Waals surface area (Å²) in [6, 6.07) is 7.42. The number of nitrogens with one attached hydrogen (secondary N) is 1. The number of methoxy groups -OCH3 is 1. The molecule has 0 aliphatic carbocycles. The molecule has 0 saturated carbocycles. The van der Waals surface area contributed by atoms with Gasteiger partial charge in [0.25, 0.3) is 0 Å². The molecule has 0 aromatic heterocycles. The number of carbonyl (C=O) groups excluding carboxylic acids is 1. The Morgan fingerprint density at radius 3 is 3.00 bits per heavy atom. The van der Waals surface area contributed by atoms with E-state index < -0.39 is 0 Å². The fourth-order valence-corrected chi connectivity index (χ4v) is 2.22. The average Bonchev–Trinajstić information content (AvgIpc) is 2.67. The molecule has 2 rings (SSSR count). The molecule has 0 atom stereocenters. The molecule has 4 nitrogen and oxygen atoms in total. The second kappa shape index (κ2) is 6.52. The molecule has 0 amide bonds. The van der Waals surface area contributed by atoms with Crippen LogP contribution in [0.2, 0.25) is 0 Å². The van der Waals surface area contributed by atoms with Crippen LogP contribution >= 0.6 is 0 Å². The fraction of sp³-hybridized carbons (Fsp3) is 0.500. The van der Waals surface area contributed by atoms with Gasteiger partial charge in [0.05, 0.1) is 19.2 Å². The summed E-state index contributed by atoms with van der Waals surface area (Å²) in [5, 5.41) is 3.34. The van der Waals surface area contributed by atoms with Crippen LogP contribution in [0, 0.1) is 0 Å². The molecule has 1 fully saturated rings. The minimum Gasteiger partial charge on any atom is -0.496 e. The molecule has 1 aliphatic rings. The second-order valence-electron chi connectivity index (χ2n) is 4.50. The van der Waals surface area contributed by atoms with E-state index in [4.69, 9.17) is 4.74 Å². The fourth-order valence-electron chi connectivity index (χ4n) is 2.22. The molecule has 1 aromatic carbocycles. The zero-order chi connectivity index (χ0) is 12.8. The first-order chi connectivity index (χ1) is 8.81. The van der Waals surface area contributed by atoms with Crippen molar-refractivity contribution in [2.75, 3.05) is 39.8 Å². The Labute approximate surface area is 108 Å². The minimum absolute atomic E-state index is 0.134. The number of hydrogen-bond acceptors (Lipinski definition) is 4. The minimum atomic E-state index is 0.134. The van der Waals surface area contributed by atoms with Crippen molar-refractivity contribution in [2.45, 2.75) is 6.42 Å². The Bertz CT molecular complexity index is 399. The lowest BCUT2D eigenvalue weighted by atomic mass is 10.1. The maximum atomic E-state index is 12.3. The van der Waals surface area contributed by atoms with E-state index in [1.54, 1.807) is 7.11 Å². The van der Waals surface area contributed by atoms with Gasteiger partial charge < -0.3 is 10.1 Å². The van der Waals surface area contributed by atoms with Gasteiger partial charge in [0, 0.05) is 13.1 Å². The van der Waals surface area contributed by atoms with E-state index in [0.717, 1.165) is 32.6 Å².